The zero-order valence-corrected chi connectivity index (χ0v) is 16.2. The SMILES string of the molecule is CCc1cc(C(=O)N2CCCCC(N3CCN(C)CC3)C2)sc1C. The van der Waals surface area contributed by atoms with Gasteiger partial charge in [0.05, 0.1) is 4.88 Å². The number of hydrogen-bond donors (Lipinski definition) is 0. The molecule has 0 N–H and O–H groups in total. The lowest BCUT2D eigenvalue weighted by atomic mass is 10.1. The first kappa shape index (κ1) is 17.9. The fourth-order valence-corrected chi connectivity index (χ4v) is 5.00. The molecule has 5 heteroatoms. The van der Waals surface area contributed by atoms with Crippen LogP contribution in [-0.2, 0) is 6.42 Å². The number of likely N-dealkylation sites (N-methyl/N-ethyl adjacent to an activating group) is 1. The lowest BCUT2D eigenvalue weighted by Crippen LogP contribution is -2.52. The third-order valence-corrected chi connectivity index (χ3v) is 6.68. The molecule has 0 bridgehead atoms. The van der Waals surface area contributed by atoms with Crippen LogP contribution in [0, 0.1) is 6.92 Å². The van der Waals surface area contributed by atoms with Gasteiger partial charge in [0.15, 0.2) is 0 Å². The van der Waals surface area contributed by atoms with Gasteiger partial charge >= 0.3 is 0 Å². The van der Waals surface area contributed by atoms with Crippen LogP contribution >= 0.6 is 11.3 Å². The summed E-state index contributed by atoms with van der Waals surface area (Å²) in [4.78, 5) is 22.4. The summed E-state index contributed by atoms with van der Waals surface area (Å²) in [5.41, 5.74) is 1.33. The normalized spacial score (nSPS) is 24.1. The van der Waals surface area contributed by atoms with Gasteiger partial charge in [0.25, 0.3) is 5.91 Å². The average Bonchev–Trinajstić information content (AvgIpc) is 2.80. The van der Waals surface area contributed by atoms with Crippen LogP contribution in [0.2, 0.25) is 0 Å². The maximum atomic E-state index is 13.0. The van der Waals surface area contributed by atoms with Crippen LogP contribution in [0.5, 0.6) is 0 Å². The van der Waals surface area contributed by atoms with Crippen LogP contribution in [0.15, 0.2) is 6.07 Å². The Kier molecular flexibility index (Phi) is 5.95. The molecule has 2 aliphatic rings. The Morgan fingerprint density at radius 2 is 1.96 bits per heavy atom. The molecule has 0 spiro atoms. The van der Waals surface area contributed by atoms with Crippen molar-refractivity contribution in [3.63, 3.8) is 0 Å². The largest absolute Gasteiger partial charge is 0.336 e. The first-order valence-electron chi connectivity index (χ1n) is 9.39. The molecule has 1 amide bonds. The van der Waals surface area contributed by atoms with Gasteiger partial charge in [-0.3, -0.25) is 9.69 Å². The van der Waals surface area contributed by atoms with Crippen LogP contribution in [0.4, 0.5) is 0 Å². The summed E-state index contributed by atoms with van der Waals surface area (Å²) in [5, 5.41) is 0. The average molecular weight is 350 g/mol. The summed E-state index contributed by atoms with van der Waals surface area (Å²) in [6, 6.07) is 2.66. The molecule has 2 saturated heterocycles. The second-order valence-corrected chi connectivity index (χ2v) is 8.54. The molecule has 134 valence electrons. The van der Waals surface area contributed by atoms with Crippen LogP contribution < -0.4 is 0 Å². The van der Waals surface area contributed by atoms with Crippen LogP contribution in [0.3, 0.4) is 0 Å². The zero-order valence-electron chi connectivity index (χ0n) is 15.4. The number of thiophene rings is 1. The summed E-state index contributed by atoms with van der Waals surface area (Å²) in [7, 11) is 2.20. The summed E-state index contributed by atoms with van der Waals surface area (Å²) < 4.78 is 0. The minimum atomic E-state index is 0.254. The van der Waals surface area contributed by atoms with E-state index in [2.05, 4.69) is 41.7 Å². The number of hydrogen-bond acceptors (Lipinski definition) is 4. The monoisotopic (exact) mass is 349 g/mol. The third-order valence-electron chi connectivity index (χ3n) is 5.60. The quantitative estimate of drug-likeness (QED) is 0.839. The Bertz CT molecular complexity index is 563. The van der Waals surface area contributed by atoms with Crippen molar-refractivity contribution in [3.05, 3.63) is 21.4 Å². The van der Waals surface area contributed by atoms with Gasteiger partial charge < -0.3 is 9.80 Å². The van der Waals surface area contributed by atoms with Gasteiger partial charge in [-0.25, -0.2) is 0 Å². The lowest BCUT2D eigenvalue weighted by molar-refractivity contribution is 0.0635. The summed E-state index contributed by atoms with van der Waals surface area (Å²) in [6.45, 7) is 10.7. The van der Waals surface area contributed by atoms with E-state index in [4.69, 9.17) is 0 Å². The van der Waals surface area contributed by atoms with E-state index < -0.39 is 0 Å². The first-order valence-corrected chi connectivity index (χ1v) is 10.2. The van der Waals surface area contributed by atoms with Crippen molar-refractivity contribution < 1.29 is 4.79 Å². The molecule has 1 aromatic rings. The Morgan fingerprint density at radius 3 is 2.62 bits per heavy atom. The predicted molar refractivity (Wildman–Crippen MR) is 101 cm³/mol. The number of carbonyl (C=O) groups excluding carboxylic acids is 1. The highest BCUT2D eigenvalue weighted by atomic mass is 32.1. The highest BCUT2D eigenvalue weighted by Crippen LogP contribution is 2.25. The number of carbonyl (C=O) groups is 1. The molecule has 0 saturated carbocycles. The molecular weight excluding hydrogens is 318 g/mol. The number of likely N-dealkylation sites (tertiary alicyclic amines) is 1. The minimum absolute atomic E-state index is 0.254. The summed E-state index contributed by atoms with van der Waals surface area (Å²) in [6.07, 6.45) is 4.63. The van der Waals surface area contributed by atoms with E-state index >= 15 is 0 Å². The van der Waals surface area contributed by atoms with Gasteiger partial charge in [-0.15, -0.1) is 11.3 Å². The van der Waals surface area contributed by atoms with E-state index in [1.54, 1.807) is 11.3 Å². The smallest absolute Gasteiger partial charge is 0.263 e. The van der Waals surface area contributed by atoms with Crippen molar-refractivity contribution in [3.8, 4) is 0 Å². The Labute approximate surface area is 150 Å². The Morgan fingerprint density at radius 1 is 1.21 bits per heavy atom. The van der Waals surface area contributed by atoms with Gasteiger partial charge in [0.2, 0.25) is 0 Å². The molecule has 1 atom stereocenters. The predicted octanol–water partition coefficient (Wildman–Crippen LogP) is 2.86. The molecule has 24 heavy (non-hydrogen) atoms. The number of aryl methyl sites for hydroxylation is 2. The molecule has 1 unspecified atom stereocenters. The van der Waals surface area contributed by atoms with E-state index in [-0.39, 0.29) is 5.91 Å². The van der Waals surface area contributed by atoms with E-state index in [0.29, 0.717) is 6.04 Å². The summed E-state index contributed by atoms with van der Waals surface area (Å²) >= 11 is 1.67. The van der Waals surface area contributed by atoms with E-state index in [0.717, 1.165) is 57.0 Å². The van der Waals surface area contributed by atoms with E-state index in [9.17, 15) is 4.79 Å². The van der Waals surface area contributed by atoms with Crippen LogP contribution in [0.25, 0.3) is 0 Å². The van der Waals surface area contributed by atoms with Gasteiger partial charge in [-0.2, -0.15) is 0 Å². The molecule has 1 aromatic heterocycles. The van der Waals surface area contributed by atoms with Crippen molar-refractivity contribution in [2.24, 2.45) is 0 Å². The van der Waals surface area contributed by atoms with Crippen molar-refractivity contribution in [2.75, 3.05) is 46.3 Å². The number of piperazine rings is 1. The molecule has 2 fully saturated rings. The number of nitrogens with zero attached hydrogens (tertiary/aromatic N) is 3. The zero-order chi connectivity index (χ0) is 17.1. The van der Waals surface area contributed by atoms with Crippen molar-refractivity contribution in [2.45, 2.75) is 45.6 Å². The van der Waals surface area contributed by atoms with Gasteiger partial charge in [0, 0.05) is 50.2 Å². The summed E-state index contributed by atoms with van der Waals surface area (Å²) in [5.74, 6) is 0.254. The molecule has 2 aliphatic heterocycles. The van der Waals surface area contributed by atoms with Crippen LogP contribution in [-0.4, -0.2) is 73.0 Å². The van der Waals surface area contributed by atoms with Crippen molar-refractivity contribution in [1.29, 1.82) is 0 Å². The second kappa shape index (κ2) is 7.98. The topological polar surface area (TPSA) is 26.8 Å². The first-order chi connectivity index (χ1) is 11.6. The van der Waals surface area contributed by atoms with Crippen molar-refractivity contribution >= 4 is 17.2 Å². The standard InChI is InChI=1S/C19H31N3OS/c1-4-16-13-18(24-15(16)2)19(23)22-8-6-5-7-17(14-22)21-11-9-20(3)10-12-21/h13,17H,4-12,14H2,1-3H3. The van der Waals surface area contributed by atoms with E-state index in [1.807, 2.05) is 0 Å². The molecule has 0 aromatic carbocycles. The highest BCUT2D eigenvalue weighted by molar-refractivity contribution is 7.14. The van der Waals surface area contributed by atoms with Gasteiger partial charge in [-0.05, 0) is 44.9 Å². The fourth-order valence-electron chi connectivity index (χ4n) is 3.92. The third kappa shape index (κ3) is 4.01. The molecule has 0 aliphatic carbocycles. The molecule has 0 radical (unpaired) electrons. The molecule has 4 nitrogen and oxygen atoms in total. The molecular formula is C19H31N3OS. The van der Waals surface area contributed by atoms with Gasteiger partial charge in [0.1, 0.15) is 0 Å². The van der Waals surface area contributed by atoms with Crippen molar-refractivity contribution in [1.82, 2.24) is 14.7 Å². The highest BCUT2D eigenvalue weighted by Gasteiger charge is 2.29. The Hall–Kier alpha value is -0.910. The number of amides is 1. The van der Waals surface area contributed by atoms with E-state index in [1.165, 1.54) is 23.3 Å². The Balaban J connectivity index is 1.68. The fraction of sp³-hybridized carbons (Fsp3) is 0.737. The maximum Gasteiger partial charge on any atom is 0.263 e. The molecule has 3 heterocycles. The van der Waals surface area contributed by atoms with Crippen LogP contribution in [0.1, 0.15) is 46.3 Å². The minimum Gasteiger partial charge on any atom is -0.336 e. The molecule has 3 rings (SSSR count). The van der Waals surface area contributed by atoms with Gasteiger partial charge in [-0.1, -0.05) is 13.3 Å². The number of rotatable bonds is 3. The lowest BCUT2D eigenvalue weighted by Gasteiger charge is -2.39. The maximum absolute atomic E-state index is 13.0. The second-order valence-electron chi connectivity index (χ2n) is 7.29.